The van der Waals surface area contributed by atoms with Crippen molar-refractivity contribution in [1.29, 1.82) is 0 Å². The summed E-state index contributed by atoms with van der Waals surface area (Å²) in [6.07, 6.45) is 1.55. The van der Waals surface area contributed by atoms with Crippen LogP contribution in [0.25, 0.3) is 22.3 Å². The molecule has 0 amide bonds. The fourth-order valence-electron chi connectivity index (χ4n) is 3.74. The first kappa shape index (κ1) is 21.0. The average Bonchev–Trinajstić information content (AvgIpc) is 3.23. The Balaban J connectivity index is 1.64. The Hall–Kier alpha value is -3.26. The number of H-pyrrole nitrogens is 1. The number of aromatic amines is 1. The quantitative estimate of drug-likeness (QED) is 0.368. The lowest BCUT2D eigenvalue weighted by atomic mass is 9.94. The van der Waals surface area contributed by atoms with Crippen LogP contribution in [0, 0.1) is 6.92 Å². The monoisotopic (exact) mass is 418 g/mol. The Bertz CT molecular complexity index is 1180. The number of nitrogens with one attached hydrogen (secondary N) is 1. The summed E-state index contributed by atoms with van der Waals surface area (Å²) in [7, 11) is 2.01. The lowest BCUT2D eigenvalue weighted by molar-refractivity contribution is -0.0598. The zero-order chi connectivity index (χ0) is 22.0. The smallest absolute Gasteiger partial charge is 0.143 e. The third kappa shape index (κ3) is 4.16. The molecule has 2 aromatic heterocycles. The molecule has 2 heterocycles. The molecule has 0 unspecified atom stereocenters. The van der Waals surface area contributed by atoms with Gasteiger partial charge in [0.1, 0.15) is 23.4 Å². The normalized spacial score (nSPS) is 11.8. The molecule has 0 fully saturated rings. The number of aromatic nitrogens is 3. The van der Waals surface area contributed by atoms with E-state index in [1.165, 1.54) is 11.1 Å². The molecule has 31 heavy (non-hydrogen) atoms. The van der Waals surface area contributed by atoms with Crippen LogP contribution in [-0.4, -0.2) is 50.5 Å². The molecule has 160 valence electrons. The van der Waals surface area contributed by atoms with E-state index in [1.54, 1.807) is 18.5 Å². The van der Waals surface area contributed by atoms with Crippen molar-refractivity contribution in [1.82, 2.24) is 15.0 Å². The van der Waals surface area contributed by atoms with E-state index >= 15 is 0 Å². The first-order valence-corrected chi connectivity index (χ1v) is 10.1. The molecule has 0 bridgehead atoms. The zero-order valence-electron chi connectivity index (χ0n) is 17.6. The van der Waals surface area contributed by atoms with Gasteiger partial charge >= 0.3 is 0 Å². The summed E-state index contributed by atoms with van der Waals surface area (Å²) in [4.78, 5) is 14.3. The number of hydrogen-bond donors (Lipinski definition) is 4. The van der Waals surface area contributed by atoms with Gasteiger partial charge < -0.3 is 25.2 Å². The first-order valence-electron chi connectivity index (χ1n) is 10.1. The molecule has 4 N–H and O–H groups in total. The summed E-state index contributed by atoms with van der Waals surface area (Å²) >= 11 is 0. The van der Waals surface area contributed by atoms with Gasteiger partial charge in [-0.1, -0.05) is 54.1 Å². The molecular formula is C24H26N4O3. The molecule has 0 atom stereocenters. The highest BCUT2D eigenvalue weighted by molar-refractivity contribution is 5.91. The van der Waals surface area contributed by atoms with Crippen LogP contribution in [0.2, 0.25) is 0 Å². The topological polar surface area (TPSA) is 106 Å². The molecule has 2 aromatic carbocycles. The van der Waals surface area contributed by atoms with Gasteiger partial charge in [0.15, 0.2) is 0 Å². The molecule has 4 aromatic rings. The fraction of sp³-hybridized carbons (Fsp3) is 0.250. The molecule has 0 aliphatic heterocycles. The van der Waals surface area contributed by atoms with E-state index in [0.717, 1.165) is 34.7 Å². The number of fused-ring (bicyclic) bond motifs is 1. The molecule has 0 spiro atoms. The minimum absolute atomic E-state index is 0.454. The Kier molecular flexibility index (Phi) is 5.73. The van der Waals surface area contributed by atoms with Gasteiger partial charge in [0.05, 0.1) is 18.6 Å². The van der Waals surface area contributed by atoms with Crippen LogP contribution in [-0.2, 0) is 12.1 Å². The number of anilines is 1. The van der Waals surface area contributed by atoms with Gasteiger partial charge in [-0.3, -0.25) is 0 Å². The Morgan fingerprint density at radius 2 is 1.74 bits per heavy atom. The molecule has 0 saturated carbocycles. The number of aliphatic hydroxyl groups is 3. The molecule has 0 aliphatic rings. The summed E-state index contributed by atoms with van der Waals surface area (Å²) < 4.78 is 0. The van der Waals surface area contributed by atoms with E-state index in [0.29, 0.717) is 5.56 Å². The zero-order valence-corrected chi connectivity index (χ0v) is 17.6. The molecule has 7 nitrogen and oxygen atoms in total. The molecule has 7 heteroatoms. The van der Waals surface area contributed by atoms with Crippen LogP contribution in [0.5, 0.6) is 0 Å². The Morgan fingerprint density at radius 1 is 1.00 bits per heavy atom. The van der Waals surface area contributed by atoms with Crippen molar-refractivity contribution >= 4 is 16.9 Å². The summed E-state index contributed by atoms with van der Waals surface area (Å²) in [6.45, 7) is 1.70. The van der Waals surface area contributed by atoms with E-state index < -0.39 is 18.8 Å². The summed E-state index contributed by atoms with van der Waals surface area (Å²) in [6, 6.07) is 17.5. The minimum atomic E-state index is -1.66. The van der Waals surface area contributed by atoms with Crippen molar-refractivity contribution in [2.75, 3.05) is 25.2 Å². The van der Waals surface area contributed by atoms with Crippen molar-refractivity contribution in [3.63, 3.8) is 0 Å². The summed E-state index contributed by atoms with van der Waals surface area (Å²) in [5, 5.41) is 30.0. The summed E-state index contributed by atoms with van der Waals surface area (Å²) in [5.74, 6) is 0.834. The van der Waals surface area contributed by atoms with Crippen LogP contribution in [0.15, 0.2) is 60.9 Å². The van der Waals surface area contributed by atoms with Crippen LogP contribution in [0.1, 0.15) is 16.7 Å². The minimum Gasteiger partial charge on any atom is -0.393 e. The number of aryl methyl sites for hydroxylation is 1. The fourth-order valence-corrected chi connectivity index (χ4v) is 3.74. The number of hydrogen-bond acceptors (Lipinski definition) is 6. The second-order valence-electron chi connectivity index (χ2n) is 7.91. The highest BCUT2D eigenvalue weighted by Gasteiger charge is 2.27. The predicted octanol–water partition coefficient (Wildman–Crippen LogP) is 2.74. The van der Waals surface area contributed by atoms with E-state index in [2.05, 4.69) is 51.0 Å². The van der Waals surface area contributed by atoms with Crippen molar-refractivity contribution in [2.24, 2.45) is 0 Å². The second-order valence-corrected chi connectivity index (χ2v) is 7.91. The van der Waals surface area contributed by atoms with Gasteiger partial charge in [-0.2, -0.15) is 0 Å². The number of benzene rings is 2. The van der Waals surface area contributed by atoms with E-state index in [9.17, 15) is 15.3 Å². The summed E-state index contributed by atoms with van der Waals surface area (Å²) in [5.41, 5.74) is 3.73. The van der Waals surface area contributed by atoms with Gasteiger partial charge in [-0.15, -0.1) is 0 Å². The van der Waals surface area contributed by atoms with Crippen LogP contribution < -0.4 is 4.90 Å². The Morgan fingerprint density at radius 3 is 2.42 bits per heavy atom. The largest absolute Gasteiger partial charge is 0.393 e. The maximum atomic E-state index is 10.3. The van der Waals surface area contributed by atoms with E-state index in [1.807, 2.05) is 25.2 Å². The van der Waals surface area contributed by atoms with Crippen molar-refractivity contribution in [3.8, 4) is 11.3 Å². The van der Waals surface area contributed by atoms with Crippen LogP contribution >= 0.6 is 0 Å². The van der Waals surface area contributed by atoms with Gasteiger partial charge in [0, 0.05) is 19.3 Å². The highest BCUT2D eigenvalue weighted by Crippen LogP contribution is 2.30. The van der Waals surface area contributed by atoms with Crippen molar-refractivity contribution in [2.45, 2.75) is 19.1 Å². The van der Waals surface area contributed by atoms with Crippen molar-refractivity contribution < 1.29 is 15.3 Å². The number of aliphatic hydroxyl groups excluding tert-OH is 2. The van der Waals surface area contributed by atoms with Crippen molar-refractivity contribution in [3.05, 3.63) is 77.6 Å². The Labute approximate surface area is 180 Å². The third-order valence-corrected chi connectivity index (χ3v) is 5.52. The molecule has 4 rings (SSSR count). The second kappa shape index (κ2) is 8.47. The van der Waals surface area contributed by atoms with E-state index in [-0.39, 0.29) is 0 Å². The van der Waals surface area contributed by atoms with E-state index in [4.69, 9.17) is 0 Å². The third-order valence-electron chi connectivity index (χ3n) is 5.52. The van der Waals surface area contributed by atoms with Gasteiger partial charge in [0.2, 0.25) is 0 Å². The highest BCUT2D eigenvalue weighted by atomic mass is 16.4. The maximum Gasteiger partial charge on any atom is 0.143 e. The lowest BCUT2D eigenvalue weighted by Gasteiger charge is -2.23. The first-order chi connectivity index (χ1) is 14.9. The average molecular weight is 418 g/mol. The number of nitrogens with zero attached hydrogens (tertiary/aromatic N) is 3. The molecule has 0 radical (unpaired) electrons. The van der Waals surface area contributed by atoms with Crippen LogP contribution in [0.4, 0.5) is 5.82 Å². The predicted molar refractivity (Wildman–Crippen MR) is 121 cm³/mol. The molecule has 0 aliphatic carbocycles. The van der Waals surface area contributed by atoms with Gasteiger partial charge in [-0.25, -0.2) is 9.97 Å². The maximum absolute atomic E-state index is 10.3. The van der Waals surface area contributed by atoms with Gasteiger partial charge in [0.25, 0.3) is 0 Å². The SMILES string of the molecule is Cc1cccc(CN(C)c2ncnc3[nH]c(-c4ccc(C(O)(CO)CO)cc4)cc23)c1. The molecular weight excluding hydrogens is 392 g/mol. The number of rotatable bonds is 7. The van der Waals surface area contributed by atoms with Crippen LogP contribution in [0.3, 0.4) is 0 Å². The van der Waals surface area contributed by atoms with Gasteiger partial charge in [-0.05, 0) is 29.7 Å². The standard InChI is InChI=1S/C24H26N4O3/c1-16-4-3-5-17(10-16)12-28(2)23-20-11-21(27-22(20)25-15-26-23)18-6-8-19(9-7-18)24(31,13-29)14-30/h3-11,15,29-31H,12-14H2,1-2H3,(H,25,26,27). The lowest BCUT2D eigenvalue weighted by Crippen LogP contribution is -2.34. The molecule has 0 saturated heterocycles.